The van der Waals surface area contributed by atoms with E-state index in [2.05, 4.69) is 10.2 Å². The van der Waals surface area contributed by atoms with E-state index in [0.29, 0.717) is 29.9 Å². The first-order valence-electron chi connectivity index (χ1n) is 12.7. The summed E-state index contributed by atoms with van der Waals surface area (Å²) >= 11 is 1.52. The van der Waals surface area contributed by atoms with Crippen molar-refractivity contribution in [3.63, 3.8) is 0 Å². The van der Waals surface area contributed by atoms with Crippen LogP contribution in [-0.2, 0) is 0 Å². The number of piperazine rings is 1. The summed E-state index contributed by atoms with van der Waals surface area (Å²) in [4.78, 5) is 33.7. The first-order valence-corrected chi connectivity index (χ1v) is 13.6. The van der Waals surface area contributed by atoms with Gasteiger partial charge in [0.1, 0.15) is 15.0 Å². The van der Waals surface area contributed by atoms with Crippen LogP contribution in [-0.4, -0.2) is 63.8 Å². The zero-order valence-corrected chi connectivity index (χ0v) is 25.4. The predicted molar refractivity (Wildman–Crippen MR) is 155 cm³/mol. The molecule has 0 saturated carbocycles. The van der Waals surface area contributed by atoms with Crippen molar-refractivity contribution in [3.8, 4) is 28.4 Å². The number of benzene rings is 2. The molecule has 4 heterocycles. The molecule has 0 amide bonds. The quantitative estimate of drug-likeness (QED) is 0.205. The Morgan fingerprint density at radius 3 is 2.50 bits per heavy atom. The van der Waals surface area contributed by atoms with Crippen LogP contribution in [0.1, 0.15) is 24.4 Å². The zero-order valence-electron chi connectivity index (χ0n) is 23.6. The van der Waals surface area contributed by atoms with Crippen molar-refractivity contribution < 1.29 is 45.6 Å². The number of thiophene rings is 1. The number of fused-ring (bicyclic) bond motifs is 3. The van der Waals surface area contributed by atoms with Gasteiger partial charge >= 0.3 is 35.5 Å². The second-order valence-electron chi connectivity index (χ2n) is 9.28. The molecule has 1 saturated heterocycles. The topological polar surface area (TPSA) is 139 Å². The first-order chi connectivity index (χ1) is 18.9. The van der Waals surface area contributed by atoms with E-state index in [-0.39, 0.29) is 36.5 Å². The van der Waals surface area contributed by atoms with Gasteiger partial charge in [0.2, 0.25) is 11.8 Å². The van der Waals surface area contributed by atoms with Gasteiger partial charge in [-0.3, -0.25) is 0 Å². The molecule has 12 heteroatoms. The molecule has 40 heavy (non-hydrogen) atoms. The molecule has 0 bridgehead atoms. The van der Waals surface area contributed by atoms with Gasteiger partial charge in [0.15, 0.2) is 5.82 Å². The number of carboxylic acids is 1. The molecule has 3 aromatic heterocycles. The van der Waals surface area contributed by atoms with Crippen molar-refractivity contribution >= 4 is 49.4 Å². The van der Waals surface area contributed by atoms with Crippen molar-refractivity contribution in [3.05, 3.63) is 53.7 Å². The molecule has 6 rings (SSSR count). The van der Waals surface area contributed by atoms with Crippen LogP contribution < -0.4 is 50.2 Å². The van der Waals surface area contributed by atoms with E-state index in [1.165, 1.54) is 17.4 Å². The molecule has 200 valence electrons. The molecule has 0 atom stereocenters. The van der Waals surface area contributed by atoms with Gasteiger partial charge < -0.3 is 27.2 Å². The van der Waals surface area contributed by atoms with E-state index in [9.17, 15) is 9.90 Å². The Hall–Kier alpha value is -3.35. The van der Waals surface area contributed by atoms with Crippen LogP contribution in [0.3, 0.4) is 0 Å². The first kappa shape index (κ1) is 28.2. The van der Waals surface area contributed by atoms with Gasteiger partial charge in [0.05, 0.1) is 23.3 Å². The number of hydrogen-bond donors (Lipinski definition) is 3. The van der Waals surface area contributed by atoms with Gasteiger partial charge in [-0.25, -0.2) is 19.7 Å². The molecule has 0 unspecified atom stereocenters. The van der Waals surface area contributed by atoms with E-state index in [0.717, 1.165) is 69.0 Å². The van der Waals surface area contributed by atoms with E-state index < -0.39 is 5.97 Å². The third-order valence-electron chi connectivity index (χ3n) is 6.75. The van der Waals surface area contributed by atoms with Crippen LogP contribution >= 0.6 is 11.3 Å². The van der Waals surface area contributed by atoms with Gasteiger partial charge in [-0.1, -0.05) is 30.3 Å². The minimum Gasteiger partial charge on any atom is -1.00 e. The second kappa shape index (κ2) is 11.6. The Balaban J connectivity index is 0.00000194. The molecule has 0 spiro atoms. The molecule has 1 aliphatic heterocycles. The Labute approximate surface area is 258 Å². The minimum atomic E-state index is -1.01. The monoisotopic (exact) mass is 565 g/mol. The maximum absolute atomic E-state index is 11.2. The fourth-order valence-corrected chi connectivity index (χ4v) is 5.91. The number of aromatic nitrogens is 4. The van der Waals surface area contributed by atoms with E-state index in [1.54, 1.807) is 12.1 Å². The van der Waals surface area contributed by atoms with Crippen LogP contribution in [0, 0.1) is 6.92 Å². The Bertz CT molecular complexity index is 1730. The van der Waals surface area contributed by atoms with Crippen LogP contribution in [0.2, 0.25) is 0 Å². The van der Waals surface area contributed by atoms with Crippen molar-refractivity contribution in [1.29, 1.82) is 0 Å². The Morgan fingerprint density at radius 2 is 1.82 bits per heavy atom. The van der Waals surface area contributed by atoms with Crippen molar-refractivity contribution in [2.75, 3.05) is 43.4 Å². The normalized spacial score (nSPS) is 13.4. The molecule has 10 nitrogen and oxygen atoms in total. The van der Waals surface area contributed by atoms with Gasteiger partial charge in [-0.15, -0.1) is 11.3 Å². The molecule has 0 radical (unpaired) electrons. The van der Waals surface area contributed by atoms with Crippen LogP contribution in [0.5, 0.6) is 5.88 Å². The number of aryl methyl sites for hydroxylation is 1. The fraction of sp³-hybridized carbons (Fsp3) is 0.250. The van der Waals surface area contributed by atoms with Crippen LogP contribution in [0.4, 0.5) is 11.6 Å². The third kappa shape index (κ3) is 5.23. The average Bonchev–Trinajstić information content (AvgIpc) is 3.33. The summed E-state index contributed by atoms with van der Waals surface area (Å²) in [6.45, 7) is 7.89. The number of hydrogen-bond acceptors (Lipinski definition) is 10. The number of rotatable bonds is 6. The number of nitrogens with zero attached hydrogens (tertiary/aromatic N) is 5. The SMILES string of the molecule is CCOc1nc(N2CCNCC2)nc2c1sc1nc(-c3ccc(-c4ccc(C(=O)O)cc4N)cc3)nc(C)c12.[H-].[Na+]. The smallest absolute Gasteiger partial charge is 1.00 e. The number of nitrogen functional groups attached to an aromatic ring is 1. The van der Waals surface area contributed by atoms with Crippen LogP contribution in [0.15, 0.2) is 42.5 Å². The van der Waals surface area contributed by atoms with Gasteiger partial charge in [0.25, 0.3) is 0 Å². The molecule has 0 aliphatic carbocycles. The van der Waals surface area contributed by atoms with Gasteiger partial charge in [-0.05, 0) is 31.5 Å². The summed E-state index contributed by atoms with van der Waals surface area (Å²) in [7, 11) is 0. The zero-order chi connectivity index (χ0) is 27.1. The molecule has 2 aromatic carbocycles. The number of nitrogens with one attached hydrogen (secondary N) is 1. The average molecular weight is 566 g/mol. The van der Waals surface area contributed by atoms with E-state index >= 15 is 0 Å². The Morgan fingerprint density at radius 1 is 1.10 bits per heavy atom. The predicted octanol–water partition coefficient (Wildman–Crippen LogP) is 1.48. The number of carbonyl (C=O) groups is 1. The summed E-state index contributed by atoms with van der Waals surface area (Å²) in [6.07, 6.45) is 0. The standard InChI is InChI=1S/C28H27N7O3S.Na.H/c1-3-38-25-23-22(32-28(34-25)35-12-10-30-11-13-35)21-15(2)31-24(33-26(21)39-23)17-6-4-16(5-7-17)19-9-8-18(27(36)37)14-20(19)29;;/h4-9,14,30H,3,10-13,29H2,1-2H3,(H,36,37);;/q;+1;-1. The third-order valence-corrected chi connectivity index (χ3v) is 7.81. The maximum Gasteiger partial charge on any atom is 1.00 e. The Kier molecular flexibility index (Phi) is 8.20. The number of nitrogens with two attached hydrogens (primary N) is 1. The molecular formula is C28H28N7NaO3S. The molecular weight excluding hydrogens is 537 g/mol. The van der Waals surface area contributed by atoms with Crippen LogP contribution in [0.25, 0.3) is 42.9 Å². The van der Waals surface area contributed by atoms with Crippen molar-refractivity contribution in [2.24, 2.45) is 0 Å². The number of ether oxygens (including phenoxy) is 1. The number of aromatic carboxylic acids is 1. The van der Waals surface area contributed by atoms with Gasteiger partial charge in [0, 0.05) is 43.0 Å². The van der Waals surface area contributed by atoms with Gasteiger partial charge in [-0.2, -0.15) is 4.98 Å². The van der Waals surface area contributed by atoms with Crippen molar-refractivity contribution in [1.82, 2.24) is 25.3 Å². The summed E-state index contributed by atoms with van der Waals surface area (Å²) in [5, 5.41) is 13.5. The molecule has 1 aliphatic rings. The minimum absolute atomic E-state index is 0. The molecule has 5 aromatic rings. The van der Waals surface area contributed by atoms with E-state index in [4.69, 9.17) is 30.4 Å². The second-order valence-corrected chi connectivity index (χ2v) is 10.3. The largest absolute Gasteiger partial charge is 1.00 e. The summed E-state index contributed by atoms with van der Waals surface area (Å²) < 4.78 is 6.82. The molecule has 1 fully saturated rings. The summed E-state index contributed by atoms with van der Waals surface area (Å²) in [5.41, 5.74) is 10.9. The number of anilines is 2. The molecule has 4 N–H and O–H groups in total. The summed E-state index contributed by atoms with van der Waals surface area (Å²) in [5.74, 6) is 0.852. The van der Waals surface area contributed by atoms with E-state index in [1.807, 2.05) is 38.1 Å². The fourth-order valence-electron chi connectivity index (χ4n) is 4.80. The van der Waals surface area contributed by atoms with Crippen molar-refractivity contribution in [2.45, 2.75) is 13.8 Å². The number of carboxylic acid groups (broad SMARTS) is 1. The maximum atomic E-state index is 11.2. The summed E-state index contributed by atoms with van der Waals surface area (Å²) in [6, 6.07) is 12.5.